The fraction of sp³-hybridized carbons (Fsp3) is 0.476. The number of benzene rings is 1. The second kappa shape index (κ2) is 6.85. The highest BCUT2D eigenvalue weighted by atomic mass is 35.5. The molecule has 2 aromatic rings. The van der Waals surface area contributed by atoms with E-state index in [1.807, 2.05) is 24.5 Å². The van der Waals surface area contributed by atoms with Gasteiger partial charge in [-0.3, -0.25) is 4.98 Å². The smallest absolute Gasteiger partial charge is 0.0406 e. The Balaban J connectivity index is 1.52. The zero-order valence-electron chi connectivity index (χ0n) is 14.2. The molecule has 0 radical (unpaired) electrons. The van der Waals surface area contributed by atoms with Crippen LogP contribution in [-0.2, 0) is 6.54 Å². The maximum atomic E-state index is 6.09. The van der Waals surface area contributed by atoms with E-state index < -0.39 is 0 Å². The van der Waals surface area contributed by atoms with Crippen molar-refractivity contribution in [3.8, 4) is 0 Å². The standard InChI is InChI=1S/C21H25ClN2/c1-14-12-23-11-10-16(14)13-24-21-19-5-3-2-4-18(19)20(21)15-6-8-17(22)9-7-15/h6-12,18-21,24H,2-5,13H2,1H3/t18-,19+,20+,21+/m0/s1. The van der Waals surface area contributed by atoms with Crippen molar-refractivity contribution >= 4 is 11.6 Å². The summed E-state index contributed by atoms with van der Waals surface area (Å²) in [5.41, 5.74) is 4.08. The van der Waals surface area contributed by atoms with Crippen LogP contribution in [0.1, 0.15) is 48.3 Å². The first-order chi connectivity index (χ1) is 11.7. The SMILES string of the molecule is Cc1cnccc1CN[C@@H]1[C@@H]2CCCC[C@@H]2[C@H]1c1ccc(Cl)cc1. The molecule has 0 bridgehead atoms. The topological polar surface area (TPSA) is 24.9 Å². The Labute approximate surface area is 149 Å². The minimum absolute atomic E-state index is 0.587. The quantitative estimate of drug-likeness (QED) is 0.837. The molecule has 0 unspecified atom stereocenters. The van der Waals surface area contributed by atoms with Crippen molar-refractivity contribution in [2.24, 2.45) is 11.8 Å². The number of aryl methyl sites for hydroxylation is 1. The number of hydrogen-bond donors (Lipinski definition) is 1. The van der Waals surface area contributed by atoms with Gasteiger partial charge in [-0.1, -0.05) is 36.6 Å². The molecule has 2 nitrogen and oxygen atoms in total. The summed E-state index contributed by atoms with van der Waals surface area (Å²) in [6.45, 7) is 3.08. The van der Waals surface area contributed by atoms with Crippen molar-refractivity contribution in [1.82, 2.24) is 10.3 Å². The fourth-order valence-electron chi connectivity index (χ4n) is 4.81. The number of hydrogen-bond acceptors (Lipinski definition) is 2. The molecule has 0 amide bonds. The zero-order chi connectivity index (χ0) is 16.5. The van der Waals surface area contributed by atoms with Crippen molar-refractivity contribution in [2.45, 2.75) is 51.1 Å². The number of nitrogens with zero attached hydrogens (tertiary/aromatic N) is 1. The van der Waals surface area contributed by atoms with E-state index in [0.717, 1.165) is 23.4 Å². The van der Waals surface area contributed by atoms with Gasteiger partial charge in [-0.2, -0.15) is 0 Å². The largest absolute Gasteiger partial charge is 0.309 e. The van der Waals surface area contributed by atoms with Crippen LogP contribution in [0.4, 0.5) is 0 Å². The van der Waals surface area contributed by atoms with Crippen LogP contribution in [0.3, 0.4) is 0 Å². The molecule has 2 fully saturated rings. The lowest BCUT2D eigenvalue weighted by molar-refractivity contribution is 0.0254. The Morgan fingerprint density at radius 3 is 2.58 bits per heavy atom. The van der Waals surface area contributed by atoms with Crippen LogP contribution in [0.2, 0.25) is 5.02 Å². The molecule has 4 atom stereocenters. The van der Waals surface area contributed by atoms with Crippen LogP contribution in [0.15, 0.2) is 42.7 Å². The van der Waals surface area contributed by atoms with Gasteiger partial charge in [0.1, 0.15) is 0 Å². The first kappa shape index (κ1) is 16.1. The van der Waals surface area contributed by atoms with E-state index in [2.05, 4.69) is 35.4 Å². The molecule has 0 aliphatic heterocycles. The number of rotatable bonds is 4. The van der Waals surface area contributed by atoms with Crippen LogP contribution in [0, 0.1) is 18.8 Å². The van der Waals surface area contributed by atoms with E-state index in [-0.39, 0.29) is 0 Å². The van der Waals surface area contributed by atoms with Crippen LogP contribution in [-0.4, -0.2) is 11.0 Å². The summed E-state index contributed by atoms with van der Waals surface area (Å²) in [6.07, 6.45) is 9.39. The second-order valence-electron chi connectivity index (χ2n) is 7.40. The van der Waals surface area contributed by atoms with E-state index >= 15 is 0 Å². The van der Waals surface area contributed by atoms with Crippen LogP contribution in [0.25, 0.3) is 0 Å². The molecule has 3 heteroatoms. The minimum atomic E-state index is 0.587. The number of aromatic nitrogens is 1. The lowest BCUT2D eigenvalue weighted by atomic mass is 9.53. The van der Waals surface area contributed by atoms with Gasteiger partial charge in [0.15, 0.2) is 0 Å². The third kappa shape index (κ3) is 2.98. The first-order valence-corrected chi connectivity index (χ1v) is 9.50. The van der Waals surface area contributed by atoms with Gasteiger partial charge in [-0.25, -0.2) is 0 Å². The molecule has 4 rings (SSSR count). The second-order valence-corrected chi connectivity index (χ2v) is 7.83. The van der Waals surface area contributed by atoms with E-state index in [4.69, 9.17) is 11.6 Å². The summed E-state index contributed by atoms with van der Waals surface area (Å²) in [4.78, 5) is 4.20. The molecular formula is C21H25ClN2. The third-order valence-electron chi connectivity index (χ3n) is 6.10. The van der Waals surface area contributed by atoms with Crippen LogP contribution in [0.5, 0.6) is 0 Å². The minimum Gasteiger partial charge on any atom is -0.309 e. The number of halogens is 1. The summed E-state index contributed by atoms with van der Waals surface area (Å²) in [7, 11) is 0. The lowest BCUT2D eigenvalue weighted by Crippen LogP contribution is -2.57. The molecule has 0 saturated heterocycles. The van der Waals surface area contributed by atoms with Gasteiger partial charge >= 0.3 is 0 Å². The Morgan fingerprint density at radius 1 is 1.08 bits per heavy atom. The zero-order valence-corrected chi connectivity index (χ0v) is 15.0. The Bertz CT molecular complexity index is 697. The highest BCUT2D eigenvalue weighted by molar-refractivity contribution is 6.30. The molecule has 1 aromatic carbocycles. The predicted molar refractivity (Wildman–Crippen MR) is 99.2 cm³/mol. The predicted octanol–water partition coefficient (Wildman–Crippen LogP) is 5.11. The van der Waals surface area contributed by atoms with Crippen LogP contribution >= 0.6 is 11.6 Å². The maximum absolute atomic E-state index is 6.09. The molecular weight excluding hydrogens is 316 g/mol. The van der Waals surface area contributed by atoms with Gasteiger partial charge < -0.3 is 5.32 Å². The molecule has 24 heavy (non-hydrogen) atoms. The summed E-state index contributed by atoms with van der Waals surface area (Å²) in [5, 5.41) is 4.71. The van der Waals surface area contributed by atoms with E-state index in [1.54, 1.807) is 0 Å². The highest BCUT2D eigenvalue weighted by Gasteiger charge is 2.50. The lowest BCUT2D eigenvalue weighted by Gasteiger charge is -2.55. The van der Waals surface area contributed by atoms with E-state index in [1.165, 1.54) is 42.4 Å². The van der Waals surface area contributed by atoms with E-state index in [9.17, 15) is 0 Å². The Kier molecular flexibility index (Phi) is 4.60. The number of pyridine rings is 1. The summed E-state index contributed by atoms with van der Waals surface area (Å²) in [6, 6.07) is 11.3. The van der Waals surface area contributed by atoms with Gasteiger partial charge in [-0.05, 0) is 66.5 Å². The Hall–Kier alpha value is -1.38. The summed E-state index contributed by atoms with van der Waals surface area (Å²) < 4.78 is 0. The van der Waals surface area contributed by atoms with Gasteiger partial charge in [0.05, 0.1) is 0 Å². The molecule has 1 aromatic heterocycles. The van der Waals surface area contributed by atoms with E-state index in [0.29, 0.717) is 12.0 Å². The molecule has 1 N–H and O–H groups in total. The summed E-state index contributed by atoms with van der Waals surface area (Å²) >= 11 is 6.09. The molecule has 2 aliphatic rings. The average molecular weight is 341 g/mol. The van der Waals surface area contributed by atoms with Crippen molar-refractivity contribution in [1.29, 1.82) is 0 Å². The normalized spacial score (nSPS) is 28.9. The average Bonchev–Trinajstić information content (AvgIpc) is 2.59. The van der Waals surface area contributed by atoms with Gasteiger partial charge in [0, 0.05) is 35.9 Å². The number of fused-ring (bicyclic) bond motifs is 1. The molecule has 2 aliphatic carbocycles. The molecule has 1 heterocycles. The number of nitrogens with one attached hydrogen (secondary N) is 1. The van der Waals surface area contributed by atoms with Crippen LogP contribution < -0.4 is 5.32 Å². The Morgan fingerprint density at radius 2 is 1.83 bits per heavy atom. The van der Waals surface area contributed by atoms with Crippen molar-refractivity contribution < 1.29 is 0 Å². The van der Waals surface area contributed by atoms with Gasteiger partial charge in [0.25, 0.3) is 0 Å². The first-order valence-electron chi connectivity index (χ1n) is 9.12. The van der Waals surface area contributed by atoms with Crippen molar-refractivity contribution in [2.75, 3.05) is 0 Å². The van der Waals surface area contributed by atoms with Gasteiger partial charge in [0.2, 0.25) is 0 Å². The monoisotopic (exact) mass is 340 g/mol. The van der Waals surface area contributed by atoms with Gasteiger partial charge in [-0.15, -0.1) is 0 Å². The van der Waals surface area contributed by atoms with Crippen molar-refractivity contribution in [3.05, 3.63) is 64.4 Å². The molecule has 2 saturated carbocycles. The maximum Gasteiger partial charge on any atom is 0.0406 e. The highest BCUT2D eigenvalue weighted by Crippen LogP contribution is 2.54. The third-order valence-corrected chi connectivity index (χ3v) is 6.36. The molecule has 126 valence electrons. The summed E-state index contributed by atoms with van der Waals surface area (Å²) in [5.74, 6) is 2.31. The fourth-order valence-corrected chi connectivity index (χ4v) is 4.94. The van der Waals surface area contributed by atoms with Crippen molar-refractivity contribution in [3.63, 3.8) is 0 Å². The molecule has 0 spiro atoms.